The molecule has 1 aromatic heterocycles. The predicted molar refractivity (Wildman–Crippen MR) is 73.5 cm³/mol. The number of amides is 1. The van der Waals surface area contributed by atoms with Crippen LogP contribution in [0.3, 0.4) is 0 Å². The highest BCUT2D eigenvalue weighted by Crippen LogP contribution is 2.49. The van der Waals surface area contributed by atoms with E-state index in [2.05, 4.69) is 10.4 Å². The number of carbonyl (C=O) groups is 1. The lowest BCUT2D eigenvalue weighted by Crippen LogP contribution is -2.30. The zero-order valence-electron chi connectivity index (χ0n) is 11.6. The normalized spacial score (nSPS) is 28.8. The smallest absolute Gasteiger partial charge is 0.220 e. The molecule has 19 heavy (non-hydrogen) atoms. The first-order valence-corrected chi connectivity index (χ1v) is 7.47. The Kier molecular flexibility index (Phi) is 3.58. The number of aromatic nitrogens is 2. The van der Waals surface area contributed by atoms with Crippen LogP contribution in [0, 0.1) is 24.7 Å². The van der Waals surface area contributed by atoms with Crippen molar-refractivity contribution in [2.24, 2.45) is 17.8 Å². The molecule has 0 unspecified atom stereocenters. The molecule has 0 aliphatic heterocycles. The highest BCUT2D eigenvalue weighted by Gasteiger charge is 2.39. The number of rotatable bonds is 5. The molecule has 2 fully saturated rings. The zero-order valence-corrected chi connectivity index (χ0v) is 11.6. The van der Waals surface area contributed by atoms with E-state index < -0.39 is 0 Å². The van der Waals surface area contributed by atoms with Gasteiger partial charge in [0.2, 0.25) is 5.91 Å². The SMILES string of the molecule is Cc1ccnn1CCNC(=O)C[C@H]1C[C@@H]2CC[C@@H]1C2. The van der Waals surface area contributed by atoms with E-state index in [1.807, 2.05) is 17.7 Å². The number of aryl methyl sites for hydroxylation is 1. The average molecular weight is 261 g/mol. The molecular weight excluding hydrogens is 238 g/mol. The molecule has 3 atom stereocenters. The Morgan fingerprint density at radius 3 is 3.00 bits per heavy atom. The zero-order chi connectivity index (χ0) is 13.2. The van der Waals surface area contributed by atoms with Crippen molar-refractivity contribution in [1.82, 2.24) is 15.1 Å². The highest BCUT2D eigenvalue weighted by atomic mass is 16.1. The van der Waals surface area contributed by atoms with Crippen LogP contribution in [-0.2, 0) is 11.3 Å². The Hall–Kier alpha value is -1.32. The summed E-state index contributed by atoms with van der Waals surface area (Å²) in [4.78, 5) is 11.9. The van der Waals surface area contributed by atoms with Crippen LogP contribution < -0.4 is 5.32 Å². The van der Waals surface area contributed by atoms with Gasteiger partial charge in [-0.05, 0) is 50.0 Å². The molecule has 2 saturated carbocycles. The summed E-state index contributed by atoms with van der Waals surface area (Å²) in [5.41, 5.74) is 1.14. The Labute approximate surface area is 114 Å². The number of hydrogen-bond donors (Lipinski definition) is 1. The van der Waals surface area contributed by atoms with Crippen molar-refractivity contribution in [3.63, 3.8) is 0 Å². The molecule has 2 bridgehead atoms. The van der Waals surface area contributed by atoms with Crippen LogP contribution in [0.1, 0.15) is 37.8 Å². The maximum atomic E-state index is 11.9. The third kappa shape index (κ3) is 2.82. The molecule has 4 nitrogen and oxygen atoms in total. The molecule has 2 aliphatic carbocycles. The van der Waals surface area contributed by atoms with Crippen molar-refractivity contribution in [3.8, 4) is 0 Å². The van der Waals surface area contributed by atoms with E-state index in [4.69, 9.17) is 0 Å². The third-order valence-electron chi connectivity index (χ3n) is 4.91. The largest absolute Gasteiger partial charge is 0.354 e. The fourth-order valence-electron chi connectivity index (χ4n) is 3.87. The van der Waals surface area contributed by atoms with E-state index in [0.29, 0.717) is 12.5 Å². The number of nitrogens with zero attached hydrogens (tertiary/aromatic N) is 2. The van der Waals surface area contributed by atoms with E-state index in [1.165, 1.54) is 25.7 Å². The molecule has 1 N–H and O–H groups in total. The van der Waals surface area contributed by atoms with Gasteiger partial charge in [0.15, 0.2) is 0 Å². The second-order valence-corrected chi connectivity index (χ2v) is 6.18. The second-order valence-electron chi connectivity index (χ2n) is 6.18. The molecule has 2 aliphatic rings. The first kappa shape index (κ1) is 12.7. The maximum Gasteiger partial charge on any atom is 0.220 e. The first-order chi connectivity index (χ1) is 9.22. The molecule has 1 aromatic rings. The van der Waals surface area contributed by atoms with E-state index in [0.717, 1.165) is 30.5 Å². The van der Waals surface area contributed by atoms with Gasteiger partial charge < -0.3 is 5.32 Å². The third-order valence-corrected chi connectivity index (χ3v) is 4.91. The van der Waals surface area contributed by atoms with Crippen LogP contribution >= 0.6 is 0 Å². The molecule has 0 spiro atoms. The minimum Gasteiger partial charge on any atom is -0.354 e. The van der Waals surface area contributed by atoms with Crippen LogP contribution in [-0.4, -0.2) is 22.2 Å². The van der Waals surface area contributed by atoms with E-state index in [-0.39, 0.29) is 5.91 Å². The molecule has 104 valence electrons. The van der Waals surface area contributed by atoms with E-state index in [1.54, 1.807) is 6.20 Å². The average Bonchev–Trinajstić information content (AvgIpc) is 3.07. The summed E-state index contributed by atoms with van der Waals surface area (Å²) in [6.45, 7) is 3.48. The van der Waals surface area contributed by atoms with Gasteiger partial charge in [0.05, 0.1) is 6.54 Å². The van der Waals surface area contributed by atoms with E-state index in [9.17, 15) is 4.79 Å². The Morgan fingerprint density at radius 1 is 1.47 bits per heavy atom. The van der Waals surface area contributed by atoms with Gasteiger partial charge in [-0.25, -0.2) is 0 Å². The van der Waals surface area contributed by atoms with Gasteiger partial charge in [0.1, 0.15) is 0 Å². The quantitative estimate of drug-likeness (QED) is 0.882. The van der Waals surface area contributed by atoms with Crippen molar-refractivity contribution in [2.45, 2.75) is 45.6 Å². The number of hydrogen-bond acceptors (Lipinski definition) is 2. The fourth-order valence-corrected chi connectivity index (χ4v) is 3.87. The topological polar surface area (TPSA) is 46.9 Å². The van der Waals surface area contributed by atoms with Crippen LogP contribution in [0.4, 0.5) is 0 Å². The second kappa shape index (κ2) is 5.35. The van der Waals surface area contributed by atoms with Gasteiger partial charge in [-0.1, -0.05) is 6.42 Å². The molecule has 4 heteroatoms. The summed E-state index contributed by atoms with van der Waals surface area (Å²) in [6.07, 6.45) is 7.96. The first-order valence-electron chi connectivity index (χ1n) is 7.47. The van der Waals surface area contributed by atoms with Crippen molar-refractivity contribution in [3.05, 3.63) is 18.0 Å². The van der Waals surface area contributed by atoms with Gasteiger partial charge in [-0.2, -0.15) is 5.10 Å². The van der Waals surface area contributed by atoms with Gasteiger partial charge in [0.25, 0.3) is 0 Å². The lowest BCUT2D eigenvalue weighted by Gasteiger charge is -2.20. The summed E-state index contributed by atoms with van der Waals surface area (Å²) >= 11 is 0. The Bertz CT molecular complexity index is 454. The molecule has 3 rings (SSSR count). The minimum absolute atomic E-state index is 0.224. The lowest BCUT2D eigenvalue weighted by molar-refractivity contribution is -0.122. The highest BCUT2D eigenvalue weighted by molar-refractivity contribution is 5.76. The van der Waals surface area contributed by atoms with Crippen molar-refractivity contribution < 1.29 is 4.79 Å². The fraction of sp³-hybridized carbons (Fsp3) is 0.733. The lowest BCUT2D eigenvalue weighted by atomic mass is 9.86. The van der Waals surface area contributed by atoms with Crippen LogP contribution in [0.5, 0.6) is 0 Å². The van der Waals surface area contributed by atoms with Gasteiger partial charge >= 0.3 is 0 Å². The molecule has 1 amide bonds. The monoisotopic (exact) mass is 261 g/mol. The van der Waals surface area contributed by atoms with Crippen LogP contribution in [0.2, 0.25) is 0 Å². The molecule has 0 radical (unpaired) electrons. The predicted octanol–water partition coefficient (Wildman–Crippen LogP) is 2.13. The molecule has 0 saturated heterocycles. The molecular formula is C15H23N3O. The van der Waals surface area contributed by atoms with Crippen molar-refractivity contribution in [1.29, 1.82) is 0 Å². The maximum absolute atomic E-state index is 11.9. The van der Waals surface area contributed by atoms with Gasteiger partial charge in [-0.3, -0.25) is 9.48 Å². The summed E-state index contributed by atoms with van der Waals surface area (Å²) in [5.74, 6) is 2.64. The Morgan fingerprint density at radius 2 is 2.37 bits per heavy atom. The summed E-state index contributed by atoms with van der Waals surface area (Å²) in [6, 6.07) is 1.98. The standard InChI is InChI=1S/C15H23N3O/c1-11-4-5-17-18(11)7-6-16-15(19)10-14-9-12-2-3-13(14)8-12/h4-5,12-14H,2-3,6-10H2,1H3,(H,16,19)/t12-,13-,14-/m1/s1. The minimum atomic E-state index is 0.224. The Balaban J connectivity index is 1.39. The van der Waals surface area contributed by atoms with Crippen LogP contribution in [0.25, 0.3) is 0 Å². The summed E-state index contributed by atoms with van der Waals surface area (Å²) in [7, 11) is 0. The molecule has 1 heterocycles. The van der Waals surface area contributed by atoms with Gasteiger partial charge in [0, 0.05) is 24.9 Å². The number of fused-ring (bicyclic) bond motifs is 2. The molecule has 0 aromatic carbocycles. The number of carbonyl (C=O) groups excluding carboxylic acids is 1. The van der Waals surface area contributed by atoms with Crippen molar-refractivity contribution in [2.75, 3.05) is 6.54 Å². The van der Waals surface area contributed by atoms with Crippen molar-refractivity contribution >= 4 is 5.91 Å². The summed E-state index contributed by atoms with van der Waals surface area (Å²) in [5, 5.41) is 7.25. The van der Waals surface area contributed by atoms with E-state index >= 15 is 0 Å². The number of nitrogens with one attached hydrogen (secondary N) is 1. The van der Waals surface area contributed by atoms with Crippen LogP contribution in [0.15, 0.2) is 12.3 Å². The van der Waals surface area contributed by atoms with Gasteiger partial charge in [-0.15, -0.1) is 0 Å². The summed E-state index contributed by atoms with van der Waals surface area (Å²) < 4.78 is 1.93.